The van der Waals surface area contributed by atoms with Crippen LogP contribution in [0.4, 0.5) is 5.95 Å². The van der Waals surface area contributed by atoms with Gasteiger partial charge in [-0.15, -0.1) is 0 Å². The van der Waals surface area contributed by atoms with Gasteiger partial charge >= 0.3 is 6.01 Å². The number of hydrogen-bond donors (Lipinski definition) is 0. The highest BCUT2D eigenvalue weighted by Crippen LogP contribution is 2.21. The quantitative estimate of drug-likeness (QED) is 0.831. The zero-order valence-corrected chi connectivity index (χ0v) is 14.0. The van der Waals surface area contributed by atoms with Crippen molar-refractivity contribution in [2.24, 2.45) is 5.92 Å². The van der Waals surface area contributed by atoms with E-state index in [2.05, 4.69) is 40.8 Å². The zero-order valence-electron chi connectivity index (χ0n) is 12.4. The molecule has 0 saturated carbocycles. The number of aryl methyl sites for hydroxylation is 1. The van der Waals surface area contributed by atoms with Gasteiger partial charge in [0.25, 0.3) is 0 Å². The third-order valence-corrected chi connectivity index (χ3v) is 4.02. The molecule has 0 radical (unpaired) electrons. The van der Waals surface area contributed by atoms with Gasteiger partial charge in [0.15, 0.2) is 0 Å². The maximum Gasteiger partial charge on any atom is 0.316 e. The summed E-state index contributed by atoms with van der Waals surface area (Å²) >= 11 is 3.36. The van der Waals surface area contributed by atoms with Gasteiger partial charge in [0.05, 0.1) is 11.1 Å². The molecule has 0 amide bonds. The fourth-order valence-corrected chi connectivity index (χ4v) is 2.70. The van der Waals surface area contributed by atoms with Crippen LogP contribution in [0.25, 0.3) is 0 Å². The van der Waals surface area contributed by atoms with Crippen molar-refractivity contribution in [2.45, 2.75) is 19.8 Å². The first-order chi connectivity index (χ1) is 10.7. The molecule has 3 heterocycles. The Hall–Kier alpha value is -1.76. The van der Waals surface area contributed by atoms with Gasteiger partial charge in [-0.05, 0) is 41.3 Å². The molecule has 22 heavy (non-hydrogen) atoms. The Morgan fingerprint density at radius 1 is 1.18 bits per heavy atom. The Balaban J connectivity index is 1.56. The molecule has 116 valence electrons. The first kappa shape index (κ1) is 15.1. The summed E-state index contributed by atoms with van der Waals surface area (Å²) in [6, 6.07) is 0.447. The predicted octanol–water partition coefficient (Wildman–Crippen LogP) is 2.63. The second kappa shape index (κ2) is 7.00. The van der Waals surface area contributed by atoms with Gasteiger partial charge in [-0.2, -0.15) is 0 Å². The minimum Gasteiger partial charge on any atom is -0.463 e. The first-order valence-corrected chi connectivity index (χ1v) is 8.14. The highest BCUT2D eigenvalue weighted by Gasteiger charge is 2.22. The smallest absolute Gasteiger partial charge is 0.316 e. The Morgan fingerprint density at radius 2 is 1.91 bits per heavy atom. The highest BCUT2D eigenvalue weighted by molar-refractivity contribution is 9.10. The van der Waals surface area contributed by atoms with Crippen LogP contribution in [-0.2, 0) is 0 Å². The number of nitrogens with zero attached hydrogens (tertiary/aromatic N) is 5. The fraction of sp³-hybridized carbons (Fsp3) is 0.467. The number of halogens is 1. The molecule has 3 rings (SSSR count). The average molecular weight is 364 g/mol. The Morgan fingerprint density at radius 3 is 2.64 bits per heavy atom. The lowest BCUT2D eigenvalue weighted by Crippen LogP contribution is -2.38. The van der Waals surface area contributed by atoms with E-state index < -0.39 is 0 Å². The van der Waals surface area contributed by atoms with Crippen molar-refractivity contribution in [2.75, 3.05) is 24.6 Å². The fourth-order valence-electron chi connectivity index (χ4n) is 2.50. The monoisotopic (exact) mass is 363 g/mol. The molecule has 2 aromatic heterocycles. The lowest BCUT2D eigenvalue weighted by molar-refractivity contribution is 0.213. The third-order valence-electron chi connectivity index (χ3n) is 3.61. The Bertz CT molecular complexity index is 604. The lowest BCUT2D eigenvalue weighted by atomic mass is 9.99. The standard InChI is InChI=1S/C15H18BrN5O/c1-11-5-19-15(20-6-11)22-10-12-3-2-4-21(9-12)14-17-7-13(16)8-18-14/h5-8,12H,2-4,9-10H2,1H3. The molecular weight excluding hydrogens is 346 g/mol. The molecule has 1 saturated heterocycles. The van der Waals surface area contributed by atoms with Crippen molar-refractivity contribution in [1.29, 1.82) is 0 Å². The van der Waals surface area contributed by atoms with Crippen LogP contribution in [0.3, 0.4) is 0 Å². The van der Waals surface area contributed by atoms with E-state index >= 15 is 0 Å². The van der Waals surface area contributed by atoms with Gasteiger partial charge < -0.3 is 9.64 Å². The second-order valence-electron chi connectivity index (χ2n) is 5.51. The highest BCUT2D eigenvalue weighted by atomic mass is 79.9. The maximum atomic E-state index is 5.71. The molecule has 0 N–H and O–H groups in total. The molecule has 1 atom stereocenters. The minimum atomic E-state index is 0.436. The number of rotatable bonds is 4. The van der Waals surface area contributed by atoms with E-state index in [1.54, 1.807) is 24.8 Å². The molecule has 0 spiro atoms. The molecular formula is C15H18BrN5O. The average Bonchev–Trinajstić information content (AvgIpc) is 2.55. The second-order valence-corrected chi connectivity index (χ2v) is 6.43. The molecule has 0 aromatic carbocycles. The largest absolute Gasteiger partial charge is 0.463 e. The van der Waals surface area contributed by atoms with Crippen LogP contribution in [0, 0.1) is 12.8 Å². The topological polar surface area (TPSA) is 64.0 Å². The number of anilines is 1. The normalized spacial score (nSPS) is 18.3. The summed E-state index contributed by atoms with van der Waals surface area (Å²) in [5.41, 5.74) is 1.03. The number of hydrogen-bond acceptors (Lipinski definition) is 6. The van der Waals surface area contributed by atoms with Crippen LogP contribution in [0.2, 0.25) is 0 Å². The van der Waals surface area contributed by atoms with Crippen molar-refractivity contribution in [3.05, 3.63) is 34.8 Å². The summed E-state index contributed by atoms with van der Waals surface area (Å²) in [4.78, 5) is 19.3. The van der Waals surface area contributed by atoms with E-state index in [1.165, 1.54) is 0 Å². The van der Waals surface area contributed by atoms with E-state index in [4.69, 9.17) is 4.74 Å². The van der Waals surface area contributed by atoms with Gasteiger partial charge in [-0.3, -0.25) is 0 Å². The van der Waals surface area contributed by atoms with Crippen molar-refractivity contribution in [3.63, 3.8) is 0 Å². The molecule has 1 unspecified atom stereocenters. The molecule has 1 fully saturated rings. The Kier molecular flexibility index (Phi) is 4.82. The summed E-state index contributed by atoms with van der Waals surface area (Å²) < 4.78 is 6.60. The van der Waals surface area contributed by atoms with Crippen molar-refractivity contribution < 1.29 is 4.74 Å². The summed E-state index contributed by atoms with van der Waals surface area (Å²) in [6.07, 6.45) is 9.35. The summed E-state index contributed by atoms with van der Waals surface area (Å²) in [5, 5.41) is 0. The lowest BCUT2D eigenvalue weighted by Gasteiger charge is -2.32. The van der Waals surface area contributed by atoms with Crippen molar-refractivity contribution in [1.82, 2.24) is 19.9 Å². The van der Waals surface area contributed by atoms with Crippen LogP contribution in [0.5, 0.6) is 6.01 Å². The van der Waals surface area contributed by atoms with Gasteiger partial charge in [-0.25, -0.2) is 19.9 Å². The molecule has 7 heteroatoms. The van der Waals surface area contributed by atoms with E-state index in [9.17, 15) is 0 Å². The predicted molar refractivity (Wildman–Crippen MR) is 86.9 cm³/mol. The molecule has 1 aliphatic heterocycles. The van der Waals surface area contributed by atoms with Gasteiger partial charge in [0.2, 0.25) is 5.95 Å². The maximum absolute atomic E-state index is 5.71. The summed E-state index contributed by atoms with van der Waals surface area (Å²) in [5.74, 6) is 1.21. The van der Waals surface area contributed by atoms with Crippen LogP contribution in [0.15, 0.2) is 29.3 Å². The first-order valence-electron chi connectivity index (χ1n) is 7.34. The van der Waals surface area contributed by atoms with E-state index in [0.717, 1.165) is 41.9 Å². The summed E-state index contributed by atoms with van der Waals surface area (Å²) in [6.45, 7) is 4.46. The van der Waals surface area contributed by atoms with Gasteiger partial charge in [0, 0.05) is 43.8 Å². The van der Waals surface area contributed by atoms with Crippen LogP contribution >= 0.6 is 15.9 Å². The van der Waals surface area contributed by atoms with Crippen LogP contribution in [-0.4, -0.2) is 39.6 Å². The van der Waals surface area contributed by atoms with E-state index in [-0.39, 0.29) is 0 Å². The molecule has 6 nitrogen and oxygen atoms in total. The molecule has 0 aliphatic carbocycles. The van der Waals surface area contributed by atoms with E-state index in [0.29, 0.717) is 18.5 Å². The number of piperidine rings is 1. The van der Waals surface area contributed by atoms with Crippen molar-refractivity contribution in [3.8, 4) is 6.01 Å². The molecule has 2 aromatic rings. The summed E-state index contributed by atoms with van der Waals surface area (Å²) in [7, 11) is 0. The van der Waals surface area contributed by atoms with Crippen molar-refractivity contribution >= 4 is 21.9 Å². The molecule has 0 bridgehead atoms. The van der Waals surface area contributed by atoms with E-state index in [1.807, 2.05) is 6.92 Å². The van der Waals surface area contributed by atoms with Crippen LogP contribution in [0.1, 0.15) is 18.4 Å². The Labute approximate surface area is 138 Å². The third kappa shape index (κ3) is 3.91. The number of aromatic nitrogens is 4. The number of ether oxygens (including phenoxy) is 1. The van der Waals surface area contributed by atoms with Gasteiger partial charge in [-0.1, -0.05) is 0 Å². The molecule has 1 aliphatic rings. The minimum absolute atomic E-state index is 0.436. The SMILES string of the molecule is Cc1cnc(OCC2CCCN(c3ncc(Br)cn3)C2)nc1. The zero-order chi connectivity index (χ0) is 15.4. The van der Waals surface area contributed by atoms with Gasteiger partial charge in [0.1, 0.15) is 0 Å². The van der Waals surface area contributed by atoms with Crippen LogP contribution < -0.4 is 9.64 Å².